The Morgan fingerprint density at radius 2 is 2.00 bits per heavy atom. The van der Waals surface area contributed by atoms with Gasteiger partial charge < -0.3 is 9.88 Å². The molecule has 0 amide bonds. The van der Waals surface area contributed by atoms with Crippen LogP contribution in [-0.2, 0) is 13.1 Å². The number of benzene rings is 1. The molecule has 0 spiro atoms. The van der Waals surface area contributed by atoms with Gasteiger partial charge in [-0.3, -0.25) is 0 Å². The van der Waals surface area contributed by atoms with Crippen molar-refractivity contribution in [2.24, 2.45) is 0 Å². The molecule has 0 unspecified atom stereocenters. The number of fused-ring (bicyclic) bond motifs is 1. The fraction of sp³-hybridized carbons (Fsp3) is 0.294. The van der Waals surface area contributed by atoms with Gasteiger partial charge >= 0.3 is 0 Å². The van der Waals surface area contributed by atoms with Crippen molar-refractivity contribution in [2.45, 2.75) is 26.9 Å². The van der Waals surface area contributed by atoms with Crippen molar-refractivity contribution in [3.05, 3.63) is 57.9 Å². The van der Waals surface area contributed by atoms with Crippen molar-refractivity contribution in [3.8, 4) is 0 Å². The molecule has 3 rings (SSSR count). The average Bonchev–Trinajstić information content (AvgIpc) is 2.98. The molecule has 104 valence electrons. The monoisotopic (exact) mass is 284 g/mol. The second-order valence-corrected chi connectivity index (χ2v) is 6.20. The first kappa shape index (κ1) is 13.4. The lowest BCUT2D eigenvalue weighted by Gasteiger charge is -2.09. The predicted octanol–water partition coefficient (Wildman–Crippen LogP) is 4.11. The van der Waals surface area contributed by atoms with E-state index in [4.69, 9.17) is 0 Å². The molecule has 0 aliphatic rings. The molecular weight excluding hydrogens is 264 g/mol. The molecule has 0 saturated carbocycles. The van der Waals surface area contributed by atoms with Crippen LogP contribution >= 0.6 is 11.3 Å². The van der Waals surface area contributed by atoms with Gasteiger partial charge in [0.2, 0.25) is 0 Å². The minimum absolute atomic E-state index is 0.974. The highest BCUT2D eigenvalue weighted by Gasteiger charge is 2.04. The van der Waals surface area contributed by atoms with Crippen LogP contribution in [0.1, 0.15) is 16.1 Å². The van der Waals surface area contributed by atoms with Crippen LogP contribution in [0.3, 0.4) is 0 Å². The molecule has 0 fully saturated rings. The molecule has 0 saturated heterocycles. The summed E-state index contributed by atoms with van der Waals surface area (Å²) in [4.78, 5) is 1.44. The summed E-state index contributed by atoms with van der Waals surface area (Å²) in [6, 6.07) is 13.0. The van der Waals surface area contributed by atoms with Gasteiger partial charge in [0.05, 0.1) is 0 Å². The Kier molecular flexibility index (Phi) is 3.90. The molecule has 0 aliphatic heterocycles. The maximum absolute atomic E-state index is 3.55. The van der Waals surface area contributed by atoms with E-state index in [1.54, 1.807) is 0 Å². The normalized spacial score (nSPS) is 11.3. The zero-order valence-corrected chi connectivity index (χ0v) is 12.8. The van der Waals surface area contributed by atoms with Crippen molar-refractivity contribution in [3.63, 3.8) is 0 Å². The highest BCUT2D eigenvalue weighted by molar-refractivity contribution is 7.10. The molecule has 1 N–H and O–H groups in total. The molecule has 0 atom stereocenters. The molecule has 0 bridgehead atoms. The fourth-order valence-electron chi connectivity index (χ4n) is 2.62. The van der Waals surface area contributed by atoms with E-state index in [0.29, 0.717) is 0 Å². The maximum Gasteiger partial charge on any atom is 0.0482 e. The van der Waals surface area contributed by atoms with E-state index in [9.17, 15) is 0 Å². The fourth-order valence-corrected chi connectivity index (χ4v) is 3.50. The molecule has 1 aromatic carbocycles. The first-order valence-electron chi connectivity index (χ1n) is 7.04. The van der Waals surface area contributed by atoms with Gasteiger partial charge in [-0.1, -0.05) is 18.2 Å². The highest BCUT2D eigenvalue weighted by atomic mass is 32.1. The number of hydrogen-bond acceptors (Lipinski definition) is 2. The number of nitrogens with one attached hydrogen (secondary N) is 1. The van der Waals surface area contributed by atoms with E-state index in [2.05, 4.69) is 65.5 Å². The molecule has 20 heavy (non-hydrogen) atoms. The van der Waals surface area contributed by atoms with E-state index in [1.165, 1.54) is 27.0 Å². The van der Waals surface area contributed by atoms with E-state index >= 15 is 0 Å². The number of aromatic nitrogens is 1. The van der Waals surface area contributed by atoms with E-state index < -0.39 is 0 Å². The van der Waals surface area contributed by atoms with Gasteiger partial charge in [0.25, 0.3) is 0 Å². The van der Waals surface area contributed by atoms with Gasteiger partial charge in [-0.15, -0.1) is 11.3 Å². The van der Waals surface area contributed by atoms with Gasteiger partial charge in [0.15, 0.2) is 0 Å². The van der Waals surface area contributed by atoms with Crippen LogP contribution < -0.4 is 5.32 Å². The predicted molar refractivity (Wildman–Crippen MR) is 87.4 cm³/mol. The van der Waals surface area contributed by atoms with Crippen molar-refractivity contribution >= 4 is 22.2 Å². The van der Waals surface area contributed by atoms with Gasteiger partial charge in [-0.05, 0) is 48.4 Å². The summed E-state index contributed by atoms with van der Waals surface area (Å²) in [6.07, 6.45) is 0. The number of aryl methyl sites for hydroxylation is 2. The van der Waals surface area contributed by atoms with Crippen LogP contribution in [0, 0.1) is 13.8 Å². The number of rotatable bonds is 5. The Bertz CT molecular complexity index is 709. The summed E-state index contributed by atoms with van der Waals surface area (Å²) < 4.78 is 2.39. The smallest absolute Gasteiger partial charge is 0.0482 e. The number of hydrogen-bond donors (Lipinski definition) is 1. The molecule has 2 aromatic heterocycles. The van der Waals surface area contributed by atoms with Crippen LogP contribution in [0.5, 0.6) is 0 Å². The zero-order valence-electron chi connectivity index (χ0n) is 12.0. The minimum atomic E-state index is 0.974. The van der Waals surface area contributed by atoms with Crippen molar-refractivity contribution in [2.75, 3.05) is 6.54 Å². The summed E-state index contributed by atoms with van der Waals surface area (Å²) in [5, 5.41) is 7.04. The standard InChI is InChI=1S/C17H20N2S/c1-13-7-10-20-17(13)12-18-8-9-19-14(2)11-15-5-3-4-6-16(15)19/h3-7,10-11,18H,8-9,12H2,1-2H3. The third kappa shape index (κ3) is 2.65. The molecule has 3 aromatic rings. The van der Waals surface area contributed by atoms with E-state index in [0.717, 1.165) is 19.6 Å². The topological polar surface area (TPSA) is 17.0 Å². The van der Waals surface area contributed by atoms with Gasteiger partial charge in [0.1, 0.15) is 0 Å². The molecule has 2 nitrogen and oxygen atoms in total. The van der Waals surface area contributed by atoms with Crippen molar-refractivity contribution in [1.29, 1.82) is 0 Å². The SMILES string of the molecule is Cc1ccsc1CNCCn1c(C)cc2ccccc21. The lowest BCUT2D eigenvalue weighted by molar-refractivity contribution is 0.604. The summed E-state index contributed by atoms with van der Waals surface area (Å²) in [6.45, 7) is 7.35. The van der Waals surface area contributed by atoms with E-state index in [-0.39, 0.29) is 0 Å². The summed E-state index contributed by atoms with van der Waals surface area (Å²) in [7, 11) is 0. The zero-order chi connectivity index (χ0) is 13.9. The largest absolute Gasteiger partial charge is 0.344 e. The Morgan fingerprint density at radius 3 is 2.80 bits per heavy atom. The van der Waals surface area contributed by atoms with Crippen LogP contribution in [0.25, 0.3) is 10.9 Å². The lowest BCUT2D eigenvalue weighted by atomic mass is 10.2. The number of nitrogens with zero attached hydrogens (tertiary/aromatic N) is 1. The molecule has 2 heterocycles. The first-order valence-corrected chi connectivity index (χ1v) is 7.92. The van der Waals surface area contributed by atoms with Gasteiger partial charge in [0, 0.05) is 35.7 Å². The summed E-state index contributed by atoms with van der Waals surface area (Å²) in [5.74, 6) is 0. The summed E-state index contributed by atoms with van der Waals surface area (Å²) in [5.41, 5.74) is 4.06. The molecule has 3 heteroatoms. The first-order chi connectivity index (χ1) is 9.75. The Hall–Kier alpha value is -1.58. The minimum Gasteiger partial charge on any atom is -0.344 e. The lowest BCUT2D eigenvalue weighted by Crippen LogP contribution is -2.19. The Morgan fingerprint density at radius 1 is 1.15 bits per heavy atom. The second kappa shape index (κ2) is 5.81. The van der Waals surface area contributed by atoms with Gasteiger partial charge in [-0.2, -0.15) is 0 Å². The van der Waals surface area contributed by atoms with Gasteiger partial charge in [-0.25, -0.2) is 0 Å². The Labute approximate surface area is 124 Å². The van der Waals surface area contributed by atoms with Crippen LogP contribution in [-0.4, -0.2) is 11.1 Å². The number of para-hydroxylation sites is 1. The number of thiophene rings is 1. The third-order valence-electron chi connectivity index (χ3n) is 3.78. The average molecular weight is 284 g/mol. The van der Waals surface area contributed by atoms with Crippen LogP contribution in [0.15, 0.2) is 41.8 Å². The van der Waals surface area contributed by atoms with E-state index in [1.807, 2.05) is 11.3 Å². The van der Waals surface area contributed by atoms with Crippen molar-refractivity contribution < 1.29 is 0 Å². The molecule has 0 aliphatic carbocycles. The van der Waals surface area contributed by atoms with Crippen LogP contribution in [0.2, 0.25) is 0 Å². The third-order valence-corrected chi connectivity index (χ3v) is 4.81. The molecule has 0 radical (unpaired) electrons. The quantitative estimate of drug-likeness (QED) is 0.698. The highest BCUT2D eigenvalue weighted by Crippen LogP contribution is 2.19. The molecular formula is C17H20N2S. The second-order valence-electron chi connectivity index (χ2n) is 5.20. The maximum atomic E-state index is 3.55. The van der Waals surface area contributed by atoms with Crippen LogP contribution in [0.4, 0.5) is 0 Å². The van der Waals surface area contributed by atoms with Crippen molar-refractivity contribution in [1.82, 2.24) is 9.88 Å². The Balaban J connectivity index is 1.63. The summed E-state index contributed by atoms with van der Waals surface area (Å²) >= 11 is 1.83.